The van der Waals surface area contributed by atoms with Crippen molar-refractivity contribution in [3.8, 4) is 0 Å². The van der Waals surface area contributed by atoms with Gasteiger partial charge in [0, 0.05) is 0 Å². The van der Waals surface area contributed by atoms with E-state index in [-0.39, 0.29) is 11.5 Å². The maximum absolute atomic E-state index is 10.5. The molecule has 3 aliphatic carbocycles. The Balaban J connectivity index is 1.98. The fourth-order valence-corrected chi connectivity index (χ4v) is 5.55. The predicted molar refractivity (Wildman–Crippen MR) is 89.0 cm³/mol. The number of rotatable bonds is 1. The third-order valence-corrected chi connectivity index (χ3v) is 7.11. The Hall–Kier alpha value is -0.560. The van der Waals surface area contributed by atoms with Gasteiger partial charge in [-0.2, -0.15) is 0 Å². The maximum Gasteiger partial charge on any atom is 0.0594 e. The van der Waals surface area contributed by atoms with Crippen molar-refractivity contribution in [1.29, 1.82) is 0 Å². The number of aliphatic hydroxyl groups is 1. The number of hydrogen-bond donors (Lipinski definition) is 1. The summed E-state index contributed by atoms with van der Waals surface area (Å²) in [6, 6.07) is 0. The third-order valence-electron chi connectivity index (χ3n) is 7.11. The lowest BCUT2D eigenvalue weighted by Crippen LogP contribution is -2.54. The minimum absolute atomic E-state index is 0.0526. The van der Waals surface area contributed by atoms with E-state index in [0.717, 1.165) is 12.8 Å². The van der Waals surface area contributed by atoms with Crippen molar-refractivity contribution in [2.24, 2.45) is 28.6 Å². The molecule has 0 spiro atoms. The van der Waals surface area contributed by atoms with Gasteiger partial charge in [0.15, 0.2) is 0 Å². The molecule has 0 bridgehead atoms. The Kier molecular flexibility index (Phi) is 3.64. The van der Waals surface area contributed by atoms with Gasteiger partial charge in [-0.3, -0.25) is 0 Å². The van der Waals surface area contributed by atoms with Gasteiger partial charge in [0.05, 0.1) is 6.10 Å². The van der Waals surface area contributed by atoms with Crippen LogP contribution in [0.25, 0.3) is 0 Å². The van der Waals surface area contributed by atoms with E-state index < -0.39 is 0 Å². The molecule has 0 amide bonds. The highest BCUT2D eigenvalue weighted by Crippen LogP contribution is 2.61. The highest BCUT2D eigenvalue weighted by Gasteiger charge is 2.55. The zero-order chi connectivity index (χ0) is 15.4. The van der Waals surface area contributed by atoms with Crippen LogP contribution in [0.4, 0.5) is 0 Å². The summed E-state index contributed by atoms with van der Waals surface area (Å²) in [5.74, 6) is 2.02. The molecule has 1 N–H and O–H groups in total. The maximum atomic E-state index is 10.5. The van der Waals surface area contributed by atoms with Crippen molar-refractivity contribution in [2.45, 2.75) is 72.8 Å². The molecule has 0 unspecified atom stereocenters. The minimum atomic E-state index is -0.129. The summed E-state index contributed by atoms with van der Waals surface area (Å²) in [5.41, 5.74) is 3.67. The largest absolute Gasteiger partial charge is 0.393 e. The first-order valence-electron chi connectivity index (χ1n) is 8.85. The topological polar surface area (TPSA) is 20.2 Å². The monoisotopic (exact) mass is 288 g/mol. The van der Waals surface area contributed by atoms with Crippen LogP contribution in [0, 0.1) is 28.6 Å². The van der Waals surface area contributed by atoms with E-state index in [1.165, 1.54) is 19.3 Å². The van der Waals surface area contributed by atoms with E-state index in [1.54, 1.807) is 11.1 Å². The van der Waals surface area contributed by atoms with Crippen molar-refractivity contribution in [2.75, 3.05) is 0 Å². The molecule has 0 aromatic rings. The summed E-state index contributed by atoms with van der Waals surface area (Å²) in [4.78, 5) is 0. The second-order valence-corrected chi connectivity index (χ2v) is 8.84. The minimum Gasteiger partial charge on any atom is -0.393 e. The first-order chi connectivity index (χ1) is 9.76. The molecule has 0 aromatic carbocycles. The number of allylic oxidation sites excluding steroid dienone is 4. The molecule has 0 radical (unpaired) electrons. The van der Waals surface area contributed by atoms with Crippen molar-refractivity contribution in [1.82, 2.24) is 0 Å². The van der Waals surface area contributed by atoms with Gasteiger partial charge in [0.1, 0.15) is 0 Å². The second kappa shape index (κ2) is 4.98. The summed E-state index contributed by atoms with van der Waals surface area (Å²) in [6.07, 6.45) is 10.8. The molecule has 21 heavy (non-hydrogen) atoms. The van der Waals surface area contributed by atoms with Crippen LogP contribution in [0.5, 0.6) is 0 Å². The van der Waals surface area contributed by atoms with E-state index in [2.05, 4.69) is 46.8 Å². The van der Waals surface area contributed by atoms with E-state index in [4.69, 9.17) is 0 Å². The second-order valence-electron chi connectivity index (χ2n) is 8.84. The molecule has 0 saturated heterocycles. The van der Waals surface area contributed by atoms with Crippen molar-refractivity contribution in [3.05, 3.63) is 23.3 Å². The SMILES string of the molecule is CC(C)C1=CC2=CC[C@@H]3C(C)(C)[C@@H](O)CC[C@@]3(C)[C@H]2CC1. The molecule has 1 saturated carbocycles. The highest BCUT2D eigenvalue weighted by atomic mass is 16.3. The molecular formula is C20H32O. The quantitative estimate of drug-likeness (QED) is 0.710. The zero-order valence-corrected chi connectivity index (χ0v) is 14.4. The first kappa shape index (κ1) is 15.3. The van der Waals surface area contributed by atoms with E-state index in [0.29, 0.717) is 23.2 Å². The summed E-state index contributed by atoms with van der Waals surface area (Å²) >= 11 is 0. The first-order valence-corrected chi connectivity index (χ1v) is 8.85. The molecule has 4 atom stereocenters. The van der Waals surface area contributed by atoms with Gasteiger partial charge >= 0.3 is 0 Å². The molecule has 3 aliphatic rings. The van der Waals surface area contributed by atoms with Crippen LogP contribution in [0.3, 0.4) is 0 Å². The molecule has 118 valence electrons. The third kappa shape index (κ3) is 2.23. The van der Waals surface area contributed by atoms with Crippen molar-refractivity contribution < 1.29 is 5.11 Å². The van der Waals surface area contributed by atoms with E-state index in [9.17, 15) is 5.11 Å². The molecule has 0 heterocycles. The van der Waals surface area contributed by atoms with Crippen LogP contribution in [0.1, 0.15) is 66.7 Å². The van der Waals surface area contributed by atoms with Gasteiger partial charge in [-0.15, -0.1) is 0 Å². The lowest BCUT2D eigenvalue weighted by atomic mass is 9.46. The number of aliphatic hydroxyl groups excluding tert-OH is 1. The lowest BCUT2D eigenvalue weighted by Gasteiger charge is -2.59. The molecule has 1 nitrogen and oxygen atoms in total. The van der Waals surface area contributed by atoms with Crippen LogP contribution in [-0.2, 0) is 0 Å². The van der Waals surface area contributed by atoms with Gasteiger partial charge in [-0.05, 0) is 66.3 Å². The molecule has 1 fully saturated rings. The van der Waals surface area contributed by atoms with Crippen LogP contribution >= 0.6 is 0 Å². The van der Waals surface area contributed by atoms with Gasteiger partial charge in [0.25, 0.3) is 0 Å². The molecule has 3 rings (SSSR count). The highest BCUT2D eigenvalue weighted by molar-refractivity contribution is 5.35. The van der Waals surface area contributed by atoms with Gasteiger partial charge in [-0.1, -0.05) is 52.3 Å². The summed E-state index contributed by atoms with van der Waals surface area (Å²) < 4.78 is 0. The predicted octanol–water partition coefficient (Wildman–Crippen LogP) is 5.11. The normalized spacial score (nSPS) is 42.0. The fourth-order valence-electron chi connectivity index (χ4n) is 5.55. The fraction of sp³-hybridized carbons (Fsp3) is 0.800. The average molecular weight is 288 g/mol. The number of hydrogen-bond acceptors (Lipinski definition) is 1. The van der Waals surface area contributed by atoms with Gasteiger partial charge in [-0.25, -0.2) is 0 Å². The van der Waals surface area contributed by atoms with Gasteiger partial charge < -0.3 is 5.11 Å². The summed E-state index contributed by atoms with van der Waals surface area (Å²) in [5, 5.41) is 10.5. The smallest absolute Gasteiger partial charge is 0.0594 e. The Morgan fingerprint density at radius 1 is 1.19 bits per heavy atom. The van der Waals surface area contributed by atoms with Gasteiger partial charge in [0.2, 0.25) is 0 Å². The van der Waals surface area contributed by atoms with Crippen molar-refractivity contribution in [3.63, 3.8) is 0 Å². The van der Waals surface area contributed by atoms with E-state index in [1.807, 2.05) is 0 Å². The number of fused-ring (bicyclic) bond motifs is 3. The zero-order valence-electron chi connectivity index (χ0n) is 14.4. The van der Waals surface area contributed by atoms with E-state index >= 15 is 0 Å². The molecular weight excluding hydrogens is 256 g/mol. The standard InChI is InChI=1S/C20H32O/c1-13(2)14-6-8-16-15(12-14)7-9-17-19(3,4)18(21)10-11-20(16,17)5/h7,12-13,16-18,21H,6,8-11H2,1-5H3/t16-,17+,18-,20-/m0/s1. The van der Waals surface area contributed by atoms with Crippen LogP contribution in [0.15, 0.2) is 23.3 Å². The Morgan fingerprint density at radius 3 is 2.57 bits per heavy atom. The van der Waals surface area contributed by atoms with Crippen LogP contribution < -0.4 is 0 Å². The Morgan fingerprint density at radius 2 is 1.90 bits per heavy atom. The molecule has 1 heteroatoms. The Bertz CT molecular complexity index is 482. The molecule has 0 aromatic heterocycles. The average Bonchev–Trinajstić information content (AvgIpc) is 2.43. The Labute approximate surface area is 130 Å². The summed E-state index contributed by atoms with van der Waals surface area (Å²) in [6.45, 7) is 11.7. The lowest BCUT2D eigenvalue weighted by molar-refractivity contribution is -0.115. The van der Waals surface area contributed by atoms with Crippen LogP contribution in [-0.4, -0.2) is 11.2 Å². The summed E-state index contributed by atoms with van der Waals surface area (Å²) in [7, 11) is 0. The van der Waals surface area contributed by atoms with Crippen LogP contribution in [0.2, 0.25) is 0 Å². The molecule has 0 aliphatic heterocycles. The van der Waals surface area contributed by atoms with Crippen molar-refractivity contribution >= 4 is 0 Å².